The van der Waals surface area contributed by atoms with Crippen LogP contribution in [0.4, 0.5) is 5.69 Å². The van der Waals surface area contributed by atoms with E-state index in [4.69, 9.17) is 9.26 Å². The molecule has 8 atom stereocenters. The maximum absolute atomic E-state index is 14.7. The first-order valence-corrected chi connectivity index (χ1v) is 28.1. The number of esters is 1. The number of hydrogen-bond acceptors (Lipinski definition) is 18. The number of benzene rings is 1. The number of imide groups is 1. The van der Waals surface area contributed by atoms with E-state index in [1.54, 1.807) is 27.7 Å². The third-order valence-corrected chi connectivity index (χ3v) is 15.4. The number of methoxy groups -OCH3 is 1. The van der Waals surface area contributed by atoms with E-state index in [1.807, 2.05) is 0 Å². The Kier molecular flexibility index (Phi) is 20.3. The summed E-state index contributed by atoms with van der Waals surface area (Å²) in [6, 6.07) is -6.28. The first-order valence-electron chi connectivity index (χ1n) is 25.3. The number of ether oxygens (including phenoxy) is 1. The summed E-state index contributed by atoms with van der Waals surface area (Å²) in [4.78, 5) is 200. The number of nitrogens with zero attached hydrogens (tertiary/aromatic N) is 2. The van der Waals surface area contributed by atoms with Crippen LogP contribution in [0.5, 0.6) is 5.75 Å². The number of hydrogen-bond donors (Lipinski definition) is 12. The standard InChI is InChI=1S/C48H66N11O17PS/c1-6-23(3)40-45(69)50-20-35(61)52-31-22-78-47-26(25-16-28(33(18-27(25)55-47)76-77(72,73)74)51-34(60)11-9-15-59-37(63)12-13-38(59)64)17-29(42(66)49-21-36(62)56-40)53-46(70)41(24(4)7-2)57-44(68)32-10-8-14-58(32)48(71)30(54-43(31)67)19-39(65)75-5/h12-13,16,18,23-24,29-32,40-41,55,72-74,77H,6-11,14-15,17,19-22H2,1-5H3,(H,49,66)(H,50,69)(H,51,60)(H,52,61)(H,53,70)(H,54,67)(H,56,62)(H,57,68)/t23-,24-,29-,30-,31-,32-,40?,41-/m0/s1. The summed E-state index contributed by atoms with van der Waals surface area (Å²) in [5.74, 6) is -11.8. The Bertz CT molecular complexity index is 2730. The van der Waals surface area contributed by atoms with Crippen molar-refractivity contribution in [2.24, 2.45) is 11.8 Å². The second-order valence-electron chi connectivity index (χ2n) is 19.3. The molecule has 28 nitrogen and oxygen atoms in total. The molecule has 1 unspecified atom stereocenters. The molecule has 78 heavy (non-hydrogen) atoms. The second kappa shape index (κ2) is 26.4. The first kappa shape index (κ1) is 60.0. The number of thioether (sulfide) groups is 1. The number of anilines is 1. The van der Waals surface area contributed by atoms with E-state index in [9.17, 15) is 72.2 Å². The van der Waals surface area contributed by atoms with Crippen LogP contribution in [0.1, 0.15) is 78.2 Å². The number of nitrogens with one attached hydrogen (secondary N) is 9. The summed E-state index contributed by atoms with van der Waals surface area (Å²) in [5, 5.41) is 20.9. The Morgan fingerprint density at radius 1 is 0.795 bits per heavy atom. The normalized spacial score (nSPS) is 24.4. The van der Waals surface area contributed by atoms with Gasteiger partial charge in [0.1, 0.15) is 12.1 Å². The zero-order chi connectivity index (χ0) is 57.2. The van der Waals surface area contributed by atoms with Crippen LogP contribution >= 0.6 is 19.9 Å². The zero-order valence-electron chi connectivity index (χ0n) is 43.5. The molecule has 0 spiro atoms. The maximum atomic E-state index is 14.7. The minimum absolute atomic E-state index is 0.00815. The van der Waals surface area contributed by atoms with Crippen molar-refractivity contribution in [3.05, 3.63) is 29.8 Å². The van der Waals surface area contributed by atoms with Gasteiger partial charge in [-0.2, -0.15) is 0 Å². The molecule has 5 heterocycles. The Morgan fingerprint density at radius 3 is 2.08 bits per heavy atom. The molecule has 11 amide bonds. The van der Waals surface area contributed by atoms with Crippen LogP contribution in [0, 0.1) is 11.8 Å². The van der Waals surface area contributed by atoms with E-state index in [-0.39, 0.29) is 59.5 Å². The van der Waals surface area contributed by atoms with Crippen molar-refractivity contribution in [2.75, 3.05) is 44.4 Å². The average molecular weight is 1130 g/mol. The molecule has 30 heteroatoms. The molecule has 0 saturated carbocycles. The van der Waals surface area contributed by atoms with Crippen molar-refractivity contribution in [2.45, 2.75) is 120 Å². The third kappa shape index (κ3) is 15.3. The fraction of sp³-hybridized carbons (Fsp3) is 0.542. The Morgan fingerprint density at radius 2 is 1.44 bits per heavy atom. The number of aromatic amines is 1. The van der Waals surface area contributed by atoms with E-state index in [2.05, 4.69) is 47.5 Å². The van der Waals surface area contributed by atoms with E-state index in [0.717, 1.165) is 42.0 Å². The van der Waals surface area contributed by atoms with Gasteiger partial charge in [-0.05, 0) is 18.8 Å². The molecule has 1 aromatic carbocycles. The summed E-state index contributed by atoms with van der Waals surface area (Å²) in [6.07, 6.45) is 1.76. The van der Waals surface area contributed by atoms with Crippen molar-refractivity contribution in [1.29, 1.82) is 0 Å². The summed E-state index contributed by atoms with van der Waals surface area (Å²) >= 11 is 0.850. The van der Waals surface area contributed by atoms with E-state index in [0.29, 0.717) is 19.3 Å². The van der Waals surface area contributed by atoms with E-state index in [1.165, 1.54) is 11.0 Å². The molecular formula is C48H66N11O17PS. The van der Waals surface area contributed by atoms with Gasteiger partial charge in [-0.1, -0.05) is 40.5 Å². The molecule has 0 radical (unpaired) electrons. The third-order valence-electron chi connectivity index (χ3n) is 13.8. The van der Waals surface area contributed by atoms with Crippen molar-refractivity contribution in [3.63, 3.8) is 0 Å². The average Bonchev–Trinajstić information content (AvgIpc) is 4.15. The number of carbonyl (C=O) groups is 12. The molecule has 4 aliphatic rings. The van der Waals surface area contributed by atoms with Crippen LogP contribution in [0.25, 0.3) is 10.9 Å². The van der Waals surface area contributed by atoms with Gasteiger partial charge in [0, 0.05) is 6.54 Å². The minimum atomic E-state index is -5.45. The molecule has 1 saturated heterocycles. The van der Waals surface area contributed by atoms with Gasteiger partial charge in [0.15, 0.2) is 0 Å². The molecule has 12 N–H and O–H groups in total. The summed E-state index contributed by atoms with van der Waals surface area (Å²) in [5.41, 5.74) is -0.0534. The molecule has 2 aromatic rings. The molecule has 4 aliphatic heterocycles. The van der Waals surface area contributed by atoms with Gasteiger partial charge in [-0.25, -0.2) is 0 Å². The number of fused-ring (bicyclic) bond motifs is 5. The summed E-state index contributed by atoms with van der Waals surface area (Å²) in [7, 11) is -4.39. The van der Waals surface area contributed by atoms with Crippen LogP contribution in [0.15, 0.2) is 29.3 Å². The topological polar surface area (TPSA) is 402 Å². The Labute approximate surface area is 451 Å². The van der Waals surface area contributed by atoms with Gasteiger partial charge in [0.25, 0.3) is 0 Å². The van der Waals surface area contributed by atoms with Gasteiger partial charge in [0.05, 0.1) is 13.5 Å². The van der Waals surface area contributed by atoms with Crippen molar-refractivity contribution in [3.8, 4) is 5.75 Å². The fourth-order valence-electron chi connectivity index (χ4n) is 9.11. The molecule has 0 aliphatic carbocycles. The molecular weight excluding hydrogens is 1070 g/mol. The summed E-state index contributed by atoms with van der Waals surface area (Å²) in [6.45, 7) is 5.25. The summed E-state index contributed by atoms with van der Waals surface area (Å²) < 4.78 is 10.0. The predicted molar refractivity (Wildman–Crippen MR) is 278 cm³/mol. The van der Waals surface area contributed by atoms with Gasteiger partial charge < -0.3 is 20.3 Å². The Hall–Kier alpha value is -7.20. The SMILES string of the molecule is CC[C@H](C)C1NC(=O)CNC(=O)[C@@H]2Cc3c([nH]c4cc(O[PH](O)(O)O)c(NC(=O)CCCN5C(=O)C=CC5=O)cc34)SC[C@H](NC(=O)CNC1=O)C(=O)N[C@@H](CC(=O)OC)C(=O)N1CCC[C@H]1C(=O)N[C@@H]([C@@H](C)CC)C(=O)N2. The van der Waals surface area contributed by atoms with Crippen LogP contribution in [-0.4, -0.2) is 176 Å². The zero-order valence-corrected chi connectivity index (χ0v) is 45.3. The number of H-pyrrole nitrogens is 1. The number of amides is 11. The van der Waals surface area contributed by atoms with Gasteiger partial charge in [-0.15, -0.1) is 0 Å². The van der Waals surface area contributed by atoms with E-state index >= 15 is 0 Å². The predicted octanol–water partition coefficient (Wildman–Crippen LogP) is -2.46. The van der Waals surface area contributed by atoms with Crippen LogP contribution in [-0.2, 0) is 68.7 Å². The second-order valence-corrected chi connectivity index (χ2v) is 21.7. The fourth-order valence-corrected chi connectivity index (χ4v) is 10.7. The van der Waals surface area contributed by atoms with E-state index < -0.39 is 165 Å². The van der Waals surface area contributed by atoms with Crippen molar-refractivity contribution in [1.82, 2.24) is 52.0 Å². The van der Waals surface area contributed by atoms with Crippen LogP contribution in [0.3, 0.4) is 0 Å². The van der Waals surface area contributed by atoms with Crippen molar-refractivity contribution < 1.29 is 81.5 Å². The Balaban J connectivity index is 1.53. The molecule has 2 bridgehead atoms. The molecule has 426 valence electrons. The van der Waals surface area contributed by atoms with Gasteiger partial charge in [-0.3, -0.25) is 24.0 Å². The van der Waals surface area contributed by atoms with Gasteiger partial charge >= 0.3 is 300 Å². The van der Waals surface area contributed by atoms with Gasteiger partial charge in [0.2, 0.25) is 17.7 Å². The first-order chi connectivity index (χ1) is 36.9. The number of aromatic nitrogens is 1. The quantitative estimate of drug-likeness (QED) is 0.0562. The number of carbonyl (C=O) groups excluding carboxylic acids is 12. The molecule has 1 aromatic heterocycles. The number of rotatable bonds is 13. The van der Waals surface area contributed by atoms with Crippen LogP contribution < -0.4 is 47.1 Å². The molecule has 1 fully saturated rings. The monoisotopic (exact) mass is 1130 g/mol. The van der Waals surface area contributed by atoms with Crippen LogP contribution in [0.2, 0.25) is 0 Å². The van der Waals surface area contributed by atoms with Crippen molar-refractivity contribution >= 4 is 107 Å². The molecule has 6 rings (SSSR count).